The fraction of sp³-hybridized carbons (Fsp3) is 0.0690. The Morgan fingerprint density at radius 2 is 1.77 bits per heavy atom. The fourth-order valence-corrected chi connectivity index (χ4v) is 4.79. The Bertz CT molecular complexity index is 1750. The van der Waals surface area contributed by atoms with Crippen molar-refractivity contribution >= 4 is 69.3 Å². The minimum Gasteiger partial charge on any atom is -0.507 e. The van der Waals surface area contributed by atoms with Gasteiger partial charge in [0.15, 0.2) is 10.7 Å². The predicted octanol–water partition coefficient (Wildman–Crippen LogP) is 7.91. The van der Waals surface area contributed by atoms with Crippen LogP contribution in [0.25, 0.3) is 40.0 Å². The summed E-state index contributed by atoms with van der Waals surface area (Å²) in [6, 6.07) is 17.3. The van der Waals surface area contributed by atoms with Crippen molar-refractivity contribution in [2.45, 2.75) is 13.8 Å². The van der Waals surface area contributed by atoms with Crippen LogP contribution in [0.5, 0.6) is 5.75 Å². The molecule has 39 heavy (non-hydrogen) atoms. The molecule has 0 aliphatic heterocycles. The molecule has 0 fully saturated rings. The molecule has 0 aliphatic carbocycles. The molecule has 0 saturated carbocycles. The summed E-state index contributed by atoms with van der Waals surface area (Å²) >= 11 is 17.3. The Labute approximate surface area is 239 Å². The molecule has 0 saturated heterocycles. The molecular formula is C29H21Cl2N3O4S. The van der Waals surface area contributed by atoms with Crippen LogP contribution in [0, 0.1) is 13.8 Å². The number of amides is 1. The zero-order valence-electron chi connectivity index (χ0n) is 20.7. The third-order valence-electron chi connectivity index (χ3n) is 5.72. The quantitative estimate of drug-likeness (QED) is 0.144. The summed E-state index contributed by atoms with van der Waals surface area (Å²) in [5.41, 5.74) is 5.07. The second kappa shape index (κ2) is 10.9. The van der Waals surface area contributed by atoms with Crippen molar-refractivity contribution in [2.75, 3.05) is 5.32 Å². The summed E-state index contributed by atoms with van der Waals surface area (Å²) < 4.78 is 11.6. The molecule has 0 spiro atoms. The number of nitrogens with zero attached hydrogens (tertiary/aromatic N) is 1. The highest BCUT2D eigenvalue weighted by molar-refractivity contribution is 7.80. The maximum atomic E-state index is 12.4. The summed E-state index contributed by atoms with van der Waals surface area (Å²) in [7, 11) is 0. The number of hydrogen-bond donors (Lipinski definition) is 3. The number of oxazole rings is 1. The number of fused-ring (bicyclic) bond motifs is 1. The van der Waals surface area contributed by atoms with E-state index in [1.54, 1.807) is 42.5 Å². The molecule has 7 nitrogen and oxygen atoms in total. The van der Waals surface area contributed by atoms with Gasteiger partial charge in [0.05, 0.1) is 5.56 Å². The summed E-state index contributed by atoms with van der Waals surface area (Å²) in [5, 5.41) is 17.1. The average molecular weight is 578 g/mol. The van der Waals surface area contributed by atoms with E-state index >= 15 is 0 Å². The molecule has 10 heteroatoms. The first-order valence-electron chi connectivity index (χ1n) is 11.7. The highest BCUT2D eigenvalue weighted by atomic mass is 35.5. The van der Waals surface area contributed by atoms with Gasteiger partial charge in [0, 0.05) is 33.4 Å². The molecule has 196 valence electrons. The first kappa shape index (κ1) is 26.5. The minimum absolute atomic E-state index is 0.0513. The lowest BCUT2D eigenvalue weighted by Gasteiger charge is -2.09. The summed E-state index contributed by atoms with van der Waals surface area (Å²) in [6.45, 7) is 3.94. The molecule has 3 N–H and O–H groups in total. The second-order valence-corrected chi connectivity index (χ2v) is 10.1. The van der Waals surface area contributed by atoms with Crippen LogP contribution < -0.4 is 10.6 Å². The Morgan fingerprint density at radius 1 is 1.00 bits per heavy atom. The van der Waals surface area contributed by atoms with Crippen molar-refractivity contribution in [1.29, 1.82) is 0 Å². The van der Waals surface area contributed by atoms with Crippen LogP contribution in [0.3, 0.4) is 0 Å². The smallest absolute Gasteiger partial charge is 0.250 e. The van der Waals surface area contributed by atoms with Crippen LogP contribution in [0.1, 0.15) is 16.9 Å². The monoisotopic (exact) mass is 577 g/mol. The van der Waals surface area contributed by atoms with E-state index in [2.05, 4.69) is 15.6 Å². The van der Waals surface area contributed by atoms with Gasteiger partial charge in [-0.1, -0.05) is 29.3 Å². The number of aromatic nitrogens is 1. The number of nitrogens with one attached hydrogen (secondary N) is 2. The van der Waals surface area contributed by atoms with E-state index in [1.165, 1.54) is 18.2 Å². The van der Waals surface area contributed by atoms with E-state index in [-0.39, 0.29) is 10.9 Å². The van der Waals surface area contributed by atoms with Crippen LogP contribution in [-0.2, 0) is 4.79 Å². The first-order chi connectivity index (χ1) is 18.6. The van der Waals surface area contributed by atoms with Crippen LogP contribution >= 0.6 is 35.4 Å². The first-order valence-corrected chi connectivity index (χ1v) is 12.9. The molecule has 2 heterocycles. The van der Waals surface area contributed by atoms with Gasteiger partial charge in [0.25, 0.3) is 0 Å². The molecule has 5 rings (SSSR count). The van der Waals surface area contributed by atoms with Crippen LogP contribution in [0.2, 0.25) is 10.0 Å². The molecule has 3 aromatic carbocycles. The second-order valence-electron chi connectivity index (χ2n) is 8.82. The highest BCUT2D eigenvalue weighted by Crippen LogP contribution is 2.34. The SMILES string of the molecule is Cc1cc(C)c2oc(-c3ccc(NC(=S)NC(=O)/C=C/c4ccc(-c5cc(Cl)cc(Cl)c5)o4)cc3O)nc2c1. The van der Waals surface area contributed by atoms with Crippen LogP contribution in [0.4, 0.5) is 5.69 Å². The Morgan fingerprint density at radius 3 is 2.51 bits per heavy atom. The van der Waals surface area contributed by atoms with Gasteiger partial charge in [0.1, 0.15) is 22.8 Å². The molecule has 2 aromatic heterocycles. The average Bonchev–Trinajstić information content (AvgIpc) is 3.50. The molecular weight excluding hydrogens is 557 g/mol. The number of halogens is 2. The van der Waals surface area contributed by atoms with Gasteiger partial charge in [0.2, 0.25) is 11.8 Å². The maximum Gasteiger partial charge on any atom is 0.250 e. The minimum atomic E-state index is -0.464. The number of hydrogen-bond acceptors (Lipinski definition) is 6. The van der Waals surface area contributed by atoms with Gasteiger partial charge in [-0.15, -0.1) is 0 Å². The Kier molecular flexibility index (Phi) is 7.43. The number of benzene rings is 3. The lowest BCUT2D eigenvalue weighted by Crippen LogP contribution is -2.32. The van der Waals surface area contributed by atoms with Gasteiger partial charge in [-0.05, 0) is 91.8 Å². The van der Waals surface area contributed by atoms with Crippen molar-refractivity contribution in [3.8, 4) is 28.5 Å². The molecule has 0 aliphatic rings. The van der Waals surface area contributed by atoms with Crippen molar-refractivity contribution in [3.63, 3.8) is 0 Å². The lowest BCUT2D eigenvalue weighted by atomic mass is 10.1. The number of phenols is 1. The van der Waals surface area contributed by atoms with E-state index in [1.807, 2.05) is 26.0 Å². The van der Waals surface area contributed by atoms with Gasteiger partial charge in [-0.25, -0.2) is 4.98 Å². The highest BCUT2D eigenvalue weighted by Gasteiger charge is 2.15. The Balaban J connectivity index is 1.21. The molecule has 0 bridgehead atoms. The van der Waals surface area contributed by atoms with Crippen molar-refractivity contribution in [3.05, 3.63) is 93.7 Å². The third-order valence-corrected chi connectivity index (χ3v) is 6.36. The van der Waals surface area contributed by atoms with Gasteiger partial charge < -0.3 is 19.3 Å². The number of anilines is 1. The summed E-state index contributed by atoms with van der Waals surface area (Å²) in [4.78, 5) is 16.9. The van der Waals surface area contributed by atoms with Gasteiger partial charge in [-0.2, -0.15) is 0 Å². The molecule has 0 radical (unpaired) electrons. The van der Waals surface area contributed by atoms with Crippen molar-refractivity contribution in [1.82, 2.24) is 10.3 Å². The van der Waals surface area contributed by atoms with Gasteiger partial charge >= 0.3 is 0 Å². The number of thiocarbonyl (C=S) groups is 1. The molecule has 0 unspecified atom stereocenters. The standard InChI is InChI=1S/C29H21Cl2N3O4S/c1-15-9-16(2)27-23(10-15)33-28(38-27)22-6-3-20(14-24(22)35)32-29(39)34-26(36)8-5-21-4-7-25(37-21)17-11-18(30)13-19(31)12-17/h3-14,35H,1-2H3,(H2,32,34,36,39)/b8-5+. The molecule has 0 atom stereocenters. The van der Waals surface area contributed by atoms with E-state index < -0.39 is 5.91 Å². The number of aryl methyl sites for hydroxylation is 2. The van der Waals surface area contributed by atoms with Crippen molar-refractivity contribution in [2.24, 2.45) is 0 Å². The van der Waals surface area contributed by atoms with Crippen LogP contribution in [-0.4, -0.2) is 21.1 Å². The maximum absolute atomic E-state index is 12.4. The van der Waals surface area contributed by atoms with Crippen LogP contribution in [0.15, 0.2) is 75.6 Å². The number of aromatic hydroxyl groups is 1. The molecule has 1 amide bonds. The van der Waals surface area contributed by atoms with Gasteiger partial charge in [-0.3, -0.25) is 10.1 Å². The normalized spacial score (nSPS) is 11.3. The fourth-order valence-electron chi connectivity index (χ4n) is 4.05. The summed E-state index contributed by atoms with van der Waals surface area (Å²) in [6.07, 6.45) is 2.80. The van der Waals surface area contributed by atoms with Crippen molar-refractivity contribution < 1.29 is 18.7 Å². The van der Waals surface area contributed by atoms with E-state index in [0.717, 1.165) is 22.2 Å². The lowest BCUT2D eigenvalue weighted by molar-refractivity contribution is -0.115. The number of rotatable bonds is 5. The third kappa shape index (κ3) is 6.15. The van der Waals surface area contributed by atoms with E-state index in [9.17, 15) is 9.90 Å². The predicted molar refractivity (Wildman–Crippen MR) is 158 cm³/mol. The Hall–Kier alpha value is -4.11. The van der Waals surface area contributed by atoms with E-state index in [4.69, 9.17) is 44.3 Å². The zero-order valence-corrected chi connectivity index (χ0v) is 23.0. The number of carbonyl (C=O) groups excluding carboxylic acids is 1. The number of furan rings is 1. The molecule has 5 aromatic rings. The zero-order chi connectivity index (χ0) is 27.7. The number of carbonyl (C=O) groups is 1. The topological polar surface area (TPSA) is 101 Å². The number of phenolic OH excluding ortho intramolecular Hbond substituents is 1. The van der Waals surface area contributed by atoms with E-state index in [0.29, 0.717) is 44.3 Å². The largest absolute Gasteiger partial charge is 0.507 e. The summed E-state index contributed by atoms with van der Waals surface area (Å²) in [5.74, 6) is 0.810.